The number of hydrogen-bond donors (Lipinski definition) is 4. The zero-order valence-electron chi connectivity index (χ0n) is 19.6. The number of nitrogens with two attached hydrogens (primary N) is 1. The molecule has 1 saturated heterocycles. The van der Waals surface area contributed by atoms with E-state index in [0.717, 1.165) is 0 Å². The first-order valence-electron chi connectivity index (χ1n) is 10.9. The molecule has 0 aromatic heterocycles. The number of carbonyl (C=O) groups excluding carboxylic acids is 4. The average Bonchev–Trinajstić information content (AvgIpc) is 3.32. The summed E-state index contributed by atoms with van der Waals surface area (Å²) in [6, 6.07) is 9.10. The monoisotopic (exact) mass is 464 g/mol. The number of carboxylic acids is 1. The number of nitrogens with one attached hydrogen (secondary N) is 2. The minimum absolute atomic E-state index is 0.00473. The fraction of sp³-hybridized carbons (Fsp3) is 0.522. The predicted octanol–water partition coefficient (Wildman–Crippen LogP) is 0.480. The third-order valence-corrected chi connectivity index (χ3v) is 4.78. The summed E-state index contributed by atoms with van der Waals surface area (Å²) in [5, 5.41) is 13.7. The fourth-order valence-electron chi connectivity index (χ4n) is 3.01. The van der Waals surface area contributed by atoms with Crippen LogP contribution >= 0.6 is 0 Å². The molecule has 1 aliphatic rings. The van der Waals surface area contributed by atoms with E-state index in [9.17, 15) is 24.0 Å². The average molecular weight is 465 g/mol. The molecular weight excluding hydrogens is 428 g/mol. The van der Waals surface area contributed by atoms with E-state index >= 15 is 0 Å². The van der Waals surface area contributed by atoms with E-state index in [1.54, 1.807) is 11.8 Å². The third-order valence-electron chi connectivity index (χ3n) is 4.78. The van der Waals surface area contributed by atoms with Crippen LogP contribution in [0.5, 0.6) is 0 Å². The Hall–Kier alpha value is -3.27. The van der Waals surface area contributed by atoms with Crippen molar-refractivity contribution >= 4 is 30.0 Å². The number of aryl methyl sites for hydroxylation is 1. The van der Waals surface area contributed by atoms with Crippen LogP contribution in [0.1, 0.15) is 38.2 Å². The van der Waals surface area contributed by atoms with Gasteiger partial charge in [0.1, 0.15) is 12.3 Å². The molecular formula is C23H36N4O6. The van der Waals surface area contributed by atoms with Crippen LogP contribution in [0.15, 0.2) is 30.3 Å². The van der Waals surface area contributed by atoms with Gasteiger partial charge < -0.3 is 31.2 Å². The topological polar surface area (TPSA) is 159 Å². The molecule has 5 N–H and O–H groups in total. The molecule has 10 nitrogen and oxygen atoms in total. The highest BCUT2D eigenvalue weighted by Crippen LogP contribution is 2.17. The number of aliphatic carboxylic acids is 1. The molecule has 0 spiro atoms. The number of nitrogens with zero attached hydrogens (tertiary/aromatic N) is 1. The van der Waals surface area contributed by atoms with Crippen molar-refractivity contribution in [2.75, 3.05) is 26.7 Å². The minimum atomic E-state index is -1.24. The Morgan fingerprint density at radius 1 is 1.21 bits per heavy atom. The number of rotatable bonds is 9. The standard InChI is InChI=1S/C15H23N3O6.C7H8.CH5N/c1-2-13(21)18-6-5-10(9-18)14(22)16-8-12(20)17-11(15(23)24)4-3-7-19;1-7-5-3-2-4-6-7;1-2/h7,10-11H,2-6,8-9H2,1H3,(H,16,22)(H,17,20)(H,23,24);2-6H,1H3;2H2,1H3. The predicted molar refractivity (Wildman–Crippen MR) is 124 cm³/mol. The summed E-state index contributed by atoms with van der Waals surface area (Å²) >= 11 is 0. The van der Waals surface area contributed by atoms with Crippen LogP contribution in [-0.2, 0) is 24.0 Å². The first-order valence-corrected chi connectivity index (χ1v) is 10.9. The number of hydrogen-bond acceptors (Lipinski definition) is 6. The van der Waals surface area contributed by atoms with Crippen molar-refractivity contribution in [2.45, 2.75) is 45.6 Å². The molecule has 1 aromatic carbocycles. The highest BCUT2D eigenvalue weighted by Gasteiger charge is 2.30. The zero-order chi connectivity index (χ0) is 25.2. The second-order valence-corrected chi connectivity index (χ2v) is 7.25. The summed E-state index contributed by atoms with van der Waals surface area (Å²) in [6.07, 6.45) is 1.51. The maximum absolute atomic E-state index is 12.0. The summed E-state index contributed by atoms with van der Waals surface area (Å²) in [5.74, 6) is -2.58. The van der Waals surface area contributed by atoms with E-state index in [2.05, 4.69) is 35.4 Å². The van der Waals surface area contributed by atoms with Gasteiger partial charge in [-0.1, -0.05) is 42.8 Å². The lowest BCUT2D eigenvalue weighted by molar-refractivity contribution is -0.142. The molecule has 2 unspecified atom stereocenters. The zero-order valence-corrected chi connectivity index (χ0v) is 19.6. The lowest BCUT2D eigenvalue weighted by Gasteiger charge is -2.16. The first kappa shape index (κ1) is 29.7. The van der Waals surface area contributed by atoms with E-state index in [4.69, 9.17) is 5.11 Å². The molecule has 1 fully saturated rings. The van der Waals surface area contributed by atoms with Crippen molar-refractivity contribution in [1.29, 1.82) is 0 Å². The van der Waals surface area contributed by atoms with Gasteiger partial charge in [-0.05, 0) is 26.8 Å². The number of benzene rings is 1. The van der Waals surface area contributed by atoms with Gasteiger partial charge in [0.2, 0.25) is 17.7 Å². The molecule has 0 saturated carbocycles. The Kier molecular flexibility index (Phi) is 15.6. The fourth-order valence-corrected chi connectivity index (χ4v) is 3.01. The van der Waals surface area contributed by atoms with E-state index in [1.807, 2.05) is 18.2 Å². The molecule has 2 rings (SSSR count). The summed E-state index contributed by atoms with van der Waals surface area (Å²) in [6.45, 7) is 4.34. The lowest BCUT2D eigenvalue weighted by atomic mass is 10.1. The van der Waals surface area contributed by atoms with Gasteiger partial charge in [0, 0.05) is 25.9 Å². The molecule has 3 amide bonds. The SMILES string of the molecule is CCC(=O)N1CCC(C(=O)NCC(=O)NC(CCC=O)C(=O)O)C1.CN.Cc1ccccc1. The van der Waals surface area contributed by atoms with E-state index in [-0.39, 0.29) is 37.1 Å². The van der Waals surface area contributed by atoms with E-state index in [1.165, 1.54) is 12.6 Å². The number of aldehydes is 1. The van der Waals surface area contributed by atoms with Crippen molar-refractivity contribution in [3.8, 4) is 0 Å². The van der Waals surface area contributed by atoms with Gasteiger partial charge in [-0.15, -0.1) is 0 Å². The maximum Gasteiger partial charge on any atom is 0.326 e. The maximum atomic E-state index is 12.0. The van der Waals surface area contributed by atoms with Gasteiger partial charge >= 0.3 is 5.97 Å². The van der Waals surface area contributed by atoms with Crippen LogP contribution in [0.4, 0.5) is 0 Å². The smallest absolute Gasteiger partial charge is 0.326 e. The lowest BCUT2D eigenvalue weighted by Crippen LogP contribution is -2.46. The number of carboxylic acid groups (broad SMARTS) is 1. The van der Waals surface area contributed by atoms with Gasteiger partial charge in [-0.3, -0.25) is 14.4 Å². The molecule has 0 aliphatic carbocycles. The molecule has 0 radical (unpaired) electrons. The van der Waals surface area contributed by atoms with Crippen molar-refractivity contribution < 1.29 is 29.1 Å². The van der Waals surface area contributed by atoms with Crippen LogP contribution in [0.3, 0.4) is 0 Å². The Bertz CT molecular complexity index is 757. The summed E-state index contributed by atoms with van der Waals surface area (Å²) in [5.41, 5.74) is 5.82. The summed E-state index contributed by atoms with van der Waals surface area (Å²) < 4.78 is 0. The summed E-state index contributed by atoms with van der Waals surface area (Å²) in [7, 11) is 1.50. The molecule has 1 aliphatic heterocycles. The number of carbonyl (C=O) groups is 5. The largest absolute Gasteiger partial charge is 0.480 e. The molecule has 10 heteroatoms. The third kappa shape index (κ3) is 12.4. The Morgan fingerprint density at radius 3 is 2.33 bits per heavy atom. The summed E-state index contributed by atoms with van der Waals surface area (Å²) in [4.78, 5) is 58.2. The Balaban J connectivity index is 0.000000950. The highest BCUT2D eigenvalue weighted by atomic mass is 16.4. The first-order chi connectivity index (χ1) is 15.8. The number of amides is 3. The molecule has 1 aromatic rings. The van der Waals surface area contributed by atoms with Gasteiger partial charge in [0.05, 0.1) is 12.5 Å². The van der Waals surface area contributed by atoms with E-state index in [0.29, 0.717) is 32.2 Å². The normalized spacial score (nSPS) is 15.0. The van der Waals surface area contributed by atoms with Crippen LogP contribution < -0.4 is 16.4 Å². The van der Waals surface area contributed by atoms with Crippen molar-refractivity contribution in [3.63, 3.8) is 0 Å². The second-order valence-electron chi connectivity index (χ2n) is 7.25. The van der Waals surface area contributed by atoms with E-state index < -0.39 is 17.9 Å². The van der Waals surface area contributed by atoms with Gasteiger partial charge in [0.15, 0.2) is 0 Å². The van der Waals surface area contributed by atoms with Gasteiger partial charge in [0.25, 0.3) is 0 Å². The minimum Gasteiger partial charge on any atom is -0.480 e. The van der Waals surface area contributed by atoms with Gasteiger partial charge in [-0.2, -0.15) is 0 Å². The quantitative estimate of drug-likeness (QED) is 0.387. The van der Waals surface area contributed by atoms with Crippen molar-refractivity contribution in [1.82, 2.24) is 15.5 Å². The van der Waals surface area contributed by atoms with Gasteiger partial charge in [-0.25, -0.2) is 4.79 Å². The molecule has 1 heterocycles. The molecule has 184 valence electrons. The van der Waals surface area contributed by atoms with Crippen LogP contribution in [0.2, 0.25) is 0 Å². The Labute approximate surface area is 194 Å². The van der Waals surface area contributed by atoms with Crippen molar-refractivity contribution in [3.05, 3.63) is 35.9 Å². The van der Waals surface area contributed by atoms with Crippen molar-refractivity contribution in [2.24, 2.45) is 11.7 Å². The molecule has 0 bridgehead atoms. The van der Waals surface area contributed by atoms with Crippen LogP contribution in [-0.4, -0.2) is 72.7 Å². The molecule has 2 atom stereocenters. The highest BCUT2D eigenvalue weighted by molar-refractivity contribution is 5.89. The molecule has 33 heavy (non-hydrogen) atoms. The van der Waals surface area contributed by atoms with Crippen LogP contribution in [0.25, 0.3) is 0 Å². The Morgan fingerprint density at radius 2 is 1.85 bits per heavy atom. The number of likely N-dealkylation sites (tertiary alicyclic amines) is 1. The van der Waals surface area contributed by atoms with Crippen LogP contribution in [0, 0.1) is 12.8 Å². The second kappa shape index (κ2) is 17.3.